The summed E-state index contributed by atoms with van der Waals surface area (Å²) >= 11 is 0. The van der Waals surface area contributed by atoms with Crippen molar-refractivity contribution in [1.29, 1.82) is 0 Å². The van der Waals surface area contributed by atoms with Gasteiger partial charge in [0.25, 0.3) is 0 Å². The van der Waals surface area contributed by atoms with Gasteiger partial charge >= 0.3 is 5.97 Å². The first-order chi connectivity index (χ1) is 17.3. The van der Waals surface area contributed by atoms with Crippen molar-refractivity contribution in [2.24, 2.45) is 0 Å². The van der Waals surface area contributed by atoms with Crippen LogP contribution in [0.4, 0.5) is 8.78 Å². The van der Waals surface area contributed by atoms with Gasteiger partial charge in [0.2, 0.25) is 0 Å². The van der Waals surface area contributed by atoms with Gasteiger partial charge in [0.1, 0.15) is 11.6 Å². The lowest BCUT2D eigenvalue weighted by molar-refractivity contribution is -0.138. The number of hydrogen-bond acceptors (Lipinski definition) is 2. The van der Waals surface area contributed by atoms with Gasteiger partial charge in [-0.3, -0.25) is 9.69 Å². The minimum Gasteiger partial charge on any atom is -0.481 e. The zero-order valence-corrected chi connectivity index (χ0v) is 20.4. The first-order valence-corrected chi connectivity index (χ1v) is 11.9. The molecule has 0 saturated carbocycles. The predicted octanol–water partition coefficient (Wildman–Crippen LogP) is 7.72. The van der Waals surface area contributed by atoms with Crippen LogP contribution in [-0.4, -0.2) is 16.0 Å². The van der Waals surface area contributed by atoms with Gasteiger partial charge in [-0.1, -0.05) is 78.4 Å². The van der Waals surface area contributed by atoms with Crippen LogP contribution in [0.3, 0.4) is 0 Å². The molecule has 1 N–H and O–H groups in total. The fourth-order valence-electron chi connectivity index (χ4n) is 4.71. The molecule has 0 radical (unpaired) electrons. The van der Waals surface area contributed by atoms with Gasteiger partial charge in [-0.05, 0) is 54.3 Å². The Labute approximate surface area is 210 Å². The molecular weight excluding hydrogens is 456 g/mol. The van der Waals surface area contributed by atoms with E-state index in [4.69, 9.17) is 0 Å². The summed E-state index contributed by atoms with van der Waals surface area (Å²) in [5.41, 5.74) is 4.64. The van der Waals surface area contributed by atoms with Crippen molar-refractivity contribution < 1.29 is 18.7 Å². The second kappa shape index (κ2) is 11.3. The summed E-state index contributed by atoms with van der Waals surface area (Å²) in [5, 5.41) is 9.91. The normalized spacial score (nSPS) is 12.9. The van der Waals surface area contributed by atoms with Crippen molar-refractivity contribution in [3.05, 3.63) is 131 Å². The summed E-state index contributed by atoms with van der Waals surface area (Å²) < 4.78 is 28.2. The van der Waals surface area contributed by atoms with Crippen LogP contribution in [0.25, 0.3) is 11.1 Å². The highest BCUT2D eigenvalue weighted by atomic mass is 19.1. The van der Waals surface area contributed by atoms with Gasteiger partial charge in [0.05, 0.1) is 6.42 Å². The first-order valence-electron chi connectivity index (χ1n) is 11.9. The van der Waals surface area contributed by atoms with Crippen LogP contribution >= 0.6 is 0 Å². The van der Waals surface area contributed by atoms with E-state index in [2.05, 4.69) is 11.8 Å². The number of halogens is 2. The second-order valence-electron chi connectivity index (χ2n) is 9.11. The van der Waals surface area contributed by atoms with Gasteiger partial charge < -0.3 is 5.11 Å². The van der Waals surface area contributed by atoms with Gasteiger partial charge in [-0.15, -0.1) is 0 Å². The smallest absolute Gasteiger partial charge is 0.305 e. The Morgan fingerprint density at radius 3 is 2.17 bits per heavy atom. The maximum absolute atomic E-state index is 14.7. The molecule has 0 spiro atoms. The van der Waals surface area contributed by atoms with Crippen LogP contribution in [0.5, 0.6) is 0 Å². The molecule has 0 aromatic heterocycles. The summed E-state index contributed by atoms with van der Waals surface area (Å²) in [5.74, 6) is -2.21. The molecule has 0 bridgehead atoms. The van der Waals surface area contributed by atoms with Crippen molar-refractivity contribution in [2.45, 2.75) is 38.9 Å². The van der Waals surface area contributed by atoms with Crippen LogP contribution < -0.4 is 0 Å². The Hall–Kier alpha value is -3.83. The topological polar surface area (TPSA) is 40.5 Å². The van der Waals surface area contributed by atoms with Crippen LogP contribution in [0.1, 0.15) is 47.7 Å². The molecule has 3 nitrogen and oxygen atoms in total. The molecule has 184 valence electrons. The zero-order chi connectivity index (χ0) is 25.7. The Balaban J connectivity index is 1.83. The summed E-state index contributed by atoms with van der Waals surface area (Å²) in [7, 11) is 0. The number of aliphatic carboxylic acids is 1. The molecule has 0 heterocycles. The number of benzene rings is 4. The molecule has 4 aromatic rings. The molecule has 2 unspecified atom stereocenters. The highest BCUT2D eigenvalue weighted by Crippen LogP contribution is 2.37. The highest BCUT2D eigenvalue weighted by Gasteiger charge is 2.29. The molecular formula is C31H29F2NO2. The van der Waals surface area contributed by atoms with E-state index in [0.717, 1.165) is 28.3 Å². The Morgan fingerprint density at radius 2 is 1.53 bits per heavy atom. The third-order valence-corrected chi connectivity index (χ3v) is 6.48. The molecule has 0 fully saturated rings. The predicted molar refractivity (Wildman–Crippen MR) is 138 cm³/mol. The minimum atomic E-state index is -0.922. The number of carboxylic acid groups (broad SMARTS) is 1. The van der Waals surface area contributed by atoms with E-state index in [1.807, 2.05) is 85.8 Å². The summed E-state index contributed by atoms with van der Waals surface area (Å²) in [4.78, 5) is 14.3. The SMILES string of the molecule is Cc1cc(-c2ccc(F)cc2F)cc(C(CC(=O)O)N(Cc2ccccc2)C(C)c2ccccc2)c1. The molecule has 4 rings (SSSR count). The van der Waals surface area contributed by atoms with E-state index in [1.165, 1.54) is 12.1 Å². The lowest BCUT2D eigenvalue weighted by Crippen LogP contribution is -2.33. The first kappa shape index (κ1) is 25.3. The van der Waals surface area contributed by atoms with Crippen molar-refractivity contribution in [2.75, 3.05) is 0 Å². The van der Waals surface area contributed by atoms with E-state index in [0.29, 0.717) is 12.1 Å². The number of carbonyl (C=O) groups is 1. The largest absolute Gasteiger partial charge is 0.481 e. The van der Waals surface area contributed by atoms with Crippen LogP contribution in [0, 0.1) is 18.6 Å². The number of nitrogens with zero attached hydrogens (tertiary/aromatic N) is 1. The number of aryl methyl sites for hydroxylation is 1. The second-order valence-corrected chi connectivity index (χ2v) is 9.11. The maximum Gasteiger partial charge on any atom is 0.305 e. The van der Waals surface area contributed by atoms with Crippen LogP contribution in [0.2, 0.25) is 0 Å². The van der Waals surface area contributed by atoms with E-state index in [1.54, 1.807) is 0 Å². The Bertz CT molecular complexity index is 1330. The average Bonchev–Trinajstić information content (AvgIpc) is 2.86. The maximum atomic E-state index is 14.7. The summed E-state index contributed by atoms with van der Waals surface area (Å²) in [6.45, 7) is 4.50. The molecule has 5 heteroatoms. The van der Waals surface area contributed by atoms with Crippen molar-refractivity contribution in [1.82, 2.24) is 4.90 Å². The summed E-state index contributed by atoms with van der Waals surface area (Å²) in [6, 6.07) is 28.5. The number of rotatable bonds is 9. The molecule has 0 saturated heterocycles. The van der Waals surface area contributed by atoms with Gasteiger partial charge in [-0.2, -0.15) is 0 Å². The molecule has 0 aliphatic heterocycles. The number of carboxylic acids is 1. The van der Waals surface area contributed by atoms with E-state index in [9.17, 15) is 18.7 Å². The van der Waals surface area contributed by atoms with E-state index >= 15 is 0 Å². The van der Waals surface area contributed by atoms with Crippen molar-refractivity contribution >= 4 is 5.97 Å². The zero-order valence-electron chi connectivity index (χ0n) is 20.4. The molecule has 2 atom stereocenters. The van der Waals surface area contributed by atoms with E-state index < -0.39 is 23.6 Å². The van der Waals surface area contributed by atoms with E-state index in [-0.39, 0.29) is 18.0 Å². The fraction of sp³-hybridized carbons (Fsp3) is 0.194. The average molecular weight is 486 g/mol. The van der Waals surface area contributed by atoms with Crippen LogP contribution in [0.15, 0.2) is 97.1 Å². The fourth-order valence-corrected chi connectivity index (χ4v) is 4.71. The van der Waals surface area contributed by atoms with Crippen molar-refractivity contribution in [3.63, 3.8) is 0 Å². The Kier molecular flexibility index (Phi) is 7.91. The molecule has 0 amide bonds. The highest BCUT2D eigenvalue weighted by molar-refractivity contribution is 5.69. The lowest BCUT2D eigenvalue weighted by Gasteiger charge is -2.37. The molecule has 0 aliphatic rings. The lowest BCUT2D eigenvalue weighted by atomic mass is 9.92. The number of hydrogen-bond donors (Lipinski definition) is 1. The van der Waals surface area contributed by atoms with Gasteiger partial charge in [0, 0.05) is 30.3 Å². The minimum absolute atomic E-state index is 0.0951. The van der Waals surface area contributed by atoms with Crippen molar-refractivity contribution in [3.8, 4) is 11.1 Å². The standard InChI is InChI=1S/C31H29F2NO2/c1-21-15-25(28-14-13-27(32)18-29(28)33)17-26(16-21)30(19-31(35)36)34(20-23-9-5-3-6-10-23)22(2)24-11-7-4-8-12-24/h3-18,22,30H,19-20H2,1-2H3,(H,35,36). The monoisotopic (exact) mass is 485 g/mol. The molecule has 4 aromatic carbocycles. The van der Waals surface area contributed by atoms with Gasteiger partial charge in [-0.25, -0.2) is 8.78 Å². The quantitative estimate of drug-likeness (QED) is 0.264. The third kappa shape index (κ3) is 6.04. The Morgan fingerprint density at radius 1 is 0.861 bits per heavy atom. The van der Waals surface area contributed by atoms with Gasteiger partial charge in [0.15, 0.2) is 0 Å². The van der Waals surface area contributed by atoms with Crippen LogP contribution in [-0.2, 0) is 11.3 Å². The molecule has 36 heavy (non-hydrogen) atoms. The molecule has 0 aliphatic carbocycles. The summed E-state index contributed by atoms with van der Waals surface area (Å²) in [6.07, 6.45) is -0.126. The third-order valence-electron chi connectivity index (χ3n) is 6.48.